The molecule has 1 heterocycles. The van der Waals surface area contributed by atoms with Gasteiger partial charge in [-0.05, 0) is 80.5 Å². The lowest BCUT2D eigenvalue weighted by Crippen LogP contribution is -2.10. The highest BCUT2D eigenvalue weighted by Gasteiger charge is 2.19. The van der Waals surface area contributed by atoms with Gasteiger partial charge in [0, 0.05) is 36.9 Å². The minimum atomic E-state index is 1.14. The van der Waals surface area contributed by atoms with Gasteiger partial charge >= 0.3 is 0 Å². The van der Waals surface area contributed by atoms with Crippen LogP contribution in [0, 0.1) is 0 Å². The topological polar surface area (TPSA) is 3.24 Å². The minimum absolute atomic E-state index is 1.14. The second-order valence-corrected chi connectivity index (χ2v) is 12.5. The Morgan fingerprint density at radius 2 is 0.932 bits per heavy atom. The fourth-order valence-electron chi connectivity index (χ4n) is 6.67. The molecule has 0 fully saturated rings. The van der Waals surface area contributed by atoms with Crippen molar-refractivity contribution in [3.63, 3.8) is 0 Å². The van der Waals surface area contributed by atoms with Crippen LogP contribution < -0.4 is 4.90 Å². The summed E-state index contributed by atoms with van der Waals surface area (Å²) in [6.45, 7) is 0. The van der Waals surface area contributed by atoms with Gasteiger partial charge in [0.2, 0.25) is 0 Å². The fraction of sp³-hybridized carbons (Fsp3) is 0. The van der Waals surface area contributed by atoms with E-state index in [1.54, 1.807) is 0 Å². The summed E-state index contributed by atoms with van der Waals surface area (Å²) < 4.78 is 2.62. The van der Waals surface area contributed by atoms with Gasteiger partial charge in [0.15, 0.2) is 0 Å². The molecule has 0 spiro atoms. The number of anilines is 3. The molecule has 2 heteroatoms. The Hall–Kier alpha value is -5.44. The first-order chi connectivity index (χ1) is 21.8. The molecule has 0 radical (unpaired) electrons. The standard InChI is InChI=1S/C42H27NS/c1-2-10-28(11-3-1)29-18-20-33(21-19-29)43(40-25-32-14-6-7-15-35(32)36-16-8-9-17-37(36)40)34-22-23-38-39-24-30-12-4-5-13-31(30)26-41(39)44-42(38)27-34/h1-27H. The number of rotatable bonds is 4. The van der Waals surface area contributed by atoms with Crippen LogP contribution in [0.5, 0.6) is 0 Å². The van der Waals surface area contributed by atoms with Gasteiger partial charge in [0.25, 0.3) is 0 Å². The van der Waals surface area contributed by atoms with Gasteiger partial charge in [-0.2, -0.15) is 0 Å². The van der Waals surface area contributed by atoms with Crippen molar-refractivity contribution in [1.82, 2.24) is 0 Å². The van der Waals surface area contributed by atoms with E-state index in [0.29, 0.717) is 0 Å². The van der Waals surface area contributed by atoms with Crippen molar-refractivity contribution in [3.05, 3.63) is 164 Å². The van der Waals surface area contributed by atoms with Crippen molar-refractivity contribution in [2.75, 3.05) is 4.90 Å². The molecule has 0 saturated carbocycles. The zero-order chi connectivity index (χ0) is 29.0. The highest BCUT2D eigenvalue weighted by molar-refractivity contribution is 7.25. The first-order valence-corrected chi connectivity index (χ1v) is 15.8. The Balaban J connectivity index is 1.28. The van der Waals surface area contributed by atoms with Gasteiger partial charge in [-0.15, -0.1) is 11.3 Å². The highest BCUT2D eigenvalue weighted by atomic mass is 32.1. The summed E-state index contributed by atoms with van der Waals surface area (Å²) in [7, 11) is 0. The number of benzene rings is 8. The maximum Gasteiger partial charge on any atom is 0.0546 e. The van der Waals surface area contributed by atoms with Crippen molar-refractivity contribution >= 4 is 80.9 Å². The zero-order valence-electron chi connectivity index (χ0n) is 23.9. The number of fused-ring (bicyclic) bond motifs is 7. The molecule has 0 atom stereocenters. The van der Waals surface area contributed by atoms with E-state index in [1.165, 1.54) is 69.3 Å². The van der Waals surface area contributed by atoms with Gasteiger partial charge < -0.3 is 4.90 Å². The molecule has 0 bridgehead atoms. The van der Waals surface area contributed by atoms with Crippen molar-refractivity contribution in [1.29, 1.82) is 0 Å². The van der Waals surface area contributed by atoms with Crippen LogP contribution in [0.3, 0.4) is 0 Å². The zero-order valence-corrected chi connectivity index (χ0v) is 24.8. The molecule has 9 aromatic rings. The number of nitrogens with zero attached hydrogens (tertiary/aromatic N) is 1. The van der Waals surface area contributed by atoms with E-state index in [2.05, 4.69) is 169 Å². The smallest absolute Gasteiger partial charge is 0.0546 e. The van der Waals surface area contributed by atoms with Crippen LogP contribution in [0.4, 0.5) is 17.1 Å². The molecule has 8 aromatic carbocycles. The van der Waals surface area contributed by atoms with E-state index >= 15 is 0 Å². The molecule has 0 saturated heterocycles. The summed E-state index contributed by atoms with van der Waals surface area (Å²) in [6.07, 6.45) is 0. The predicted octanol–water partition coefficient (Wildman–Crippen LogP) is 12.7. The highest BCUT2D eigenvalue weighted by Crippen LogP contribution is 2.45. The summed E-state index contributed by atoms with van der Waals surface area (Å²) in [5.74, 6) is 0. The van der Waals surface area contributed by atoms with Crippen molar-refractivity contribution in [2.45, 2.75) is 0 Å². The third kappa shape index (κ3) is 4.07. The second kappa shape index (κ2) is 10.1. The Bertz CT molecular complexity index is 2490. The van der Waals surface area contributed by atoms with Gasteiger partial charge in [-0.25, -0.2) is 0 Å². The summed E-state index contributed by atoms with van der Waals surface area (Å²) in [4.78, 5) is 2.43. The van der Waals surface area contributed by atoms with Crippen molar-refractivity contribution in [3.8, 4) is 11.1 Å². The molecule has 0 unspecified atom stereocenters. The van der Waals surface area contributed by atoms with E-state index in [0.717, 1.165) is 11.4 Å². The molecule has 0 N–H and O–H groups in total. The summed E-state index contributed by atoms with van der Waals surface area (Å²) in [6, 6.07) is 59.8. The van der Waals surface area contributed by atoms with Crippen LogP contribution in [0.2, 0.25) is 0 Å². The van der Waals surface area contributed by atoms with E-state index in [9.17, 15) is 0 Å². The van der Waals surface area contributed by atoms with Crippen LogP contribution in [0.15, 0.2) is 164 Å². The van der Waals surface area contributed by atoms with Crippen molar-refractivity contribution < 1.29 is 0 Å². The molecule has 1 aromatic heterocycles. The summed E-state index contributed by atoms with van der Waals surface area (Å²) >= 11 is 1.88. The fourth-order valence-corrected chi connectivity index (χ4v) is 7.84. The van der Waals surface area contributed by atoms with Crippen LogP contribution >= 0.6 is 11.3 Å². The van der Waals surface area contributed by atoms with Crippen LogP contribution in [0.1, 0.15) is 0 Å². The first-order valence-electron chi connectivity index (χ1n) is 15.0. The lowest BCUT2D eigenvalue weighted by atomic mass is 9.98. The maximum absolute atomic E-state index is 2.43. The normalized spacial score (nSPS) is 11.6. The number of thiophene rings is 1. The van der Waals surface area contributed by atoms with E-state index < -0.39 is 0 Å². The molecule has 1 nitrogen and oxygen atoms in total. The monoisotopic (exact) mass is 577 g/mol. The maximum atomic E-state index is 2.43. The Morgan fingerprint density at radius 1 is 0.341 bits per heavy atom. The molecule has 0 aliphatic heterocycles. The van der Waals surface area contributed by atoms with Gasteiger partial charge in [-0.1, -0.05) is 121 Å². The average molecular weight is 578 g/mol. The van der Waals surface area contributed by atoms with Crippen molar-refractivity contribution in [2.24, 2.45) is 0 Å². The Kier molecular flexibility index (Phi) is 5.75. The predicted molar refractivity (Wildman–Crippen MR) is 192 cm³/mol. The molecule has 206 valence electrons. The molecule has 9 rings (SSSR count). The Labute approximate surface area is 259 Å². The summed E-state index contributed by atoms with van der Waals surface area (Å²) in [5.41, 5.74) is 5.90. The average Bonchev–Trinajstić information content (AvgIpc) is 3.44. The van der Waals surface area contributed by atoms with E-state index in [4.69, 9.17) is 0 Å². The van der Waals surface area contributed by atoms with Gasteiger partial charge in [-0.3, -0.25) is 0 Å². The quantitative estimate of drug-likeness (QED) is 0.188. The third-order valence-corrected chi connectivity index (χ3v) is 9.92. The summed E-state index contributed by atoms with van der Waals surface area (Å²) in [5, 5.41) is 10.2. The largest absolute Gasteiger partial charge is 0.310 e. The van der Waals surface area contributed by atoms with Gasteiger partial charge in [0.1, 0.15) is 0 Å². The second-order valence-electron chi connectivity index (χ2n) is 11.4. The van der Waals surface area contributed by atoms with Crippen LogP contribution in [-0.2, 0) is 0 Å². The molecular formula is C42H27NS. The molecular weight excluding hydrogens is 551 g/mol. The van der Waals surface area contributed by atoms with Crippen LogP contribution in [-0.4, -0.2) is 0 Å². The SMILES string of the molecule is c1ccc(-c2ccc(N(c3ccc4c(c3)sc3cc5ccccc5cc34)c3cc4ccccc4c4ccccc34)cc2)cc1. The first kappa shape index (κ1) is 25.1. The number of hydrogen-bond acceptors (Lipinski definition) is 2. The molecule has 44 heavy (non-hydrogen) atoms. The molecule has 0 aliphatic rings. The van der Waals surface area contributed by atoms with Gasteiger partial charge in [0.05, 0.1) is 5.69 Å². The minimum Gasteiger partial charge on any atom is -0.310 e. The van der Waals surface area contributed by atoms with E-state index in [1.807, 2.05) is 11.3 Å². The third-order valence-electron chi connectivity index (χ3n) is 8.80. The lowest BCUT2D eigenvalue weighted by molar-refractivity contribution is 1.31. The number of hydrogen-bond donors (Lipinski definition) is 0. The molecule has 0 aliphatic carbocycles. The molecule has 0 amide bonds. The van der Waals surface area contributed by atoms with Crippen LogP contribution in [0.25, 0.3) is 63.6 Å². The Morgan fingerprint density at radius 3 is 1.73 bits per heavy atom. The lowest BCUT2D eigenvalue weighted by Gasteiger charge is -2.28. The van der Waals surface area contributed by atoms with E-state index in [-0.39, 0.29) is 0 Å².